The Bertz CT molecular complexity index is 465. The van der Waals surface area contributed by atoms with Crippen LogP contribution in [0.3, 0.4) is 0 Å². The van der Waals surface area contributed by atoms with E-state index in [1.165, 1.54) is 0 Å². The molecule has 0 fully saturated rings. The maximum absolute atomic E-state index is 5.47. The Hall–Kier alpha value is -1.61. The summed E-state index contributed by atoms with van der Waals surface area (Å²) in [6.45, 7) is 8.43. The topological polar surface area (TPSA) is 29.3 Å². The van der Waals surface area contributed by atoms with E-state index >= 15 is 0 Å². The number of furan rings is 1. The van der Waals surface area contributed by atoms with Crippen molar-refractivity contribution in [1.82, 2.24) is 9.88 Å². The van der Waals surface area contributed by atoms with Crippen LogP contribution < -0.4 is 0 Å². The summed E-state index contributed by atoms with van der Waals surface area (Å²) >= 11 is 0. The first-order chi connectivity index (χ1) is 9.16. The van der Waals surface area contributed by atoms with Gasteiger partial charge in [-0.25, -0.2) is 0 Å². The summed E-state index contributed by atoms with van der Waals surface area (Å²) in [7, 11) is 0. The molecule has 0 radical (unpaired) electrons. The second kappa shape index (κ2) is 6.53. The van der Waals surface area contributed by atoms with Gasteiger partial charge in [-0.3, -0.25) is 9.88 Å². The van der Waals surface area contributed by atoms with Gasteiger partial charge in [-0.1, -0.05) is 19.9 Å². The molecule has 2 heterocycles. The first kappa shape index (κ1) is 13.8. The minimum absolute atomic E-state index is 0.479. The molecule has 0 saturated carbocycles. The minimum atomic E-state index is 0.479. The van der Waals surface area contributed by atoms with E-state index in [9.17, 15) is 0 Å². The summed E-state index contributed by atoms with van der Waals surface area (Å²) in [6, 6.07) is 10.5. The summed E-state index contributed by atoms with van der Waals surface area (Å²) in [5, 5.41) is 0. The summed E-state index contributed by atoms with van der Waals surface area (Å²) in [5.74, 6) is 1.60. The molecule has 0 unspecified atom stereocenters. The molecule has 3 heteroatoms. The number of pyridine rings is 1. The normalized spacial score (nSPS) is 13.1. The molecule has 3 nitrogen and oxygen atoms in total. The highest BCUT2D eigenvalue weighted by molar-refractivity contribution is 5.05. The molecule has 0 amide bonds. The van der Waals surface area contributed by atoms with Crippen molar-refractivity contribution in [3.63, 3.8) is 0 Å². The molecule has 0 aromatic carbocycles. The predicted molar refractivity (Wildman–Crippen MR) is 76.5 cm³/mol. The van der Waals surface area contributed by atoms with Crippen LogP contribution in [0.2, 0.25) is 0 Å². The van der Waals surface area contributed by atoms with Gasteiger partial charge in [-0.2, -0.15) is 0 Å². The first-order valence-electron chi connectivity index (χ1n) is 6.83. The fraction of sp³-hybridized carbons (Fsp3) is 0.438. The number of hydrogen-bond donors (Lipinski definition) is 0. The van der Waals surface area contributed by atoms with Crippen LogP contribution in [0.4, 0.5) is 0 Å². The number of hydrogen-bond acceptors (Lipinski definition) is 3. The molecule has 0 spiro atoms. The Kier molecular flexibility index (Phi) is 4.74. The highest BCUT2D eigenvalue weighted by Crippen LogP contribution is 2.17. The van der Waals surface area contributed by atoms with E-state index in [4.69, 9.17) is 4.42 Å². The van der Waals surface area contributed by atoms with E-state index in [0.717, 1.165) is 24.5 Å². The van der Waals surface area contributed by atoms with Crippen LogP contribution in [0, 0.1) is 5.92 Å². The van der Waals surface area contributed by atoms with E-state index in [0.29, 0.717) is 12.0 Å². The molecule has 0 saturated heterocycles. The van der Waals surface area contributed by atoms with Crippen LogP contribution in [0.5, 0.6) is 0 Å². The van der Waals surface area contributed by atoms with Gasteiger partial charge in [0.25, 0.3) is 0 Å². The van der Waals surface area contributed by atoms with Crippen molar-refractivity contribution in [2.24, 2.45) is 5.92 Å². The third-order valence-corrected chi connectivity index (χ3v) is 3.57. The molecule has 0 aliphatic rings. The van der Waals surface area contributed by atoms with Gasteiger partial charge in [0, 0.05) is 18.8 Å². The smallest absolute Gasteiger partial charge is 0.117 e. The molecular formula is C16H22N2O. The van der Waals surface area contributed by atoms with Crippen molar-refractivity contribution in [2.75, 3.05) is 0 Å². The van der Waals surface area contributed by atoms with Crippen molar-refractivity contribution >= 4 is 0 Å². The van der Waals surface area contributed by atoms with Gasteiger partial charge < -0.3 is 4.42 Å². The van der Waals surface area contributed by atoms with Gasteiger partial charge >= 0.3 is 0 Å². The lowest BCUT2D eigenvalue weighted by Crippen LogP contribution is -2.35. The second-order valence-electron chi connectivity index (χ2n) is 5.29. The average molecular weight is 258 g/mol. The summed E-state index contributed by atoms with van der Waals surface area (Å²) in [5.41, 5.74) is 1.10. The molecule has 0 aliphatic carbocycles. The van der Waals surface area contributed by atoms with Crippen LogP contribution in [0.15, 0.2) is 47.2 Å². The van der Waals surface area contributed by atoms with Crippen molar-refractivity contribution in [3.8, 4) is 0 Å². The Morgan fingerprint density at radius 2 is 1.95 bits per heavy atom. The molecule has 0 N–H and O–H groups in total. The summed E-state index contributed by atoms with van der Waals surface area (Å²) < 4.78 is 5.47. The monoisotopic (exact) mass is 258 g/mol. The Labute approximate surface area is 115 Å². The van der Waals surface area contributed by atoms with Gasteiger partial charge in [0.15, 0.2) is 0 Å². The molecule has 102 valence electrons. The first-order valence-corrected chi connectivity index (χ1v) is 6.83. The van der Waals surface area contributed by atoms with Crippen molar-refractivity contribution in [2.45, 2.75) is 39.9 Å². The minimum Gasteiger partial charge on any atom is -0.468 e. The largest absolute Gasteiger partial charge is 0.468 e. The van der Waals surface area contributed by atoms with Crippen molar-refractivity contribution < 1.29 is 4.42 Å². The van der Waals surface area contributed by atoms with E-state index in [-0.39, 0.29) is 0 Å². The maximum Gasteiger partial charge on any atom is 0.117 e. The quantitative estimate of drug-likeness (QED) is 0.790. The lowest BCUT2D eigenvalue weighted by atomic mass is 10.0. The Balaban J connectivity index is 2.10. The van der Waals surface area contributed by atoms with Crippen LogP contribution in [-0.2, 0) is 13.1 Å². The third kappa shape index (κ3) is 3.93. The molecule has 1 atom stereocenters. The van der Waals surface area contributed by atoms with Gasteiger partial charge in [-0.15, -0.1) is 0 Å². The molecular weight excluding hydrogens is 236 g/mol. The Morgan fingerprint density at radius 3 is 2.53 bits per heavy atom. The fourth-order valence-corrected chi connectivity index (χ4v) is 2.07. The average Bonchev–Trinajstić information content (AvgIpc) is 2.91. The summed E-state index contributed by atoms with van der Waals surface area (Å²) in [6.07, 6.45) is 3.58. The van der Waals surface area contributed by atoms with E-state index in [1.54, 1.807) is 6.26 Å². The number of aromatic nitrogens is 1. The van der Waals surface area contributed by atoms with E-state index < -0.39 is 0 Å². The van der Waals surface area contributed by atoms with Gasteiger partial charge in [0.2, 0.25) is 0 Å². The van der Waals surface area contributed by atoms with Crippen molar-refractivity contribution in [3.05, 3.63) is 54.2 Å². The number of nitrogens with zero attached hydrogens (tertiary/aromatic N) is 2. The standard InChI is InChI=1S/C16H22N2O/c1-13(2)14(3)18(12-16-8-6-10-19-16)11-15-7-4-5-9-17-15/h4-10,13-14H,11-12H2,1-3H3/t14-/m0/s1. The van der Waals surface area contributed by atoms with E-state index in [2.05, 4.69) is 36.7 Å². The van der Waals surface area contributed by atoms with Crippen LogP contribution in [0.25, 0.3) is 0 Å². The number of rotatable bonds is 6. The zero-order valence-electron chi connectivity index (χ0n) is 11.9. The lowest BCUT2D eigenvalue weighted by molar-refractivity contribution is 0.139. The van der Waals surface area contributed by atoms with Crippen LogP contribution in [0.1, 0.15) is 32.2 Å². The van der Waals surface area contributed by atoms with Gasteiger partial charge in [0.05, 0.1) is 18.5 Å². The van der Waals surface area contributed by atoms with Gasteiger partial charge in [0.1, 0.15) is 5.76 Å². The zero-order valence-corrected chi connectivity index (χ0v) is 11.9. The third-order valence-electron chi connectivity index (χ3n) is 3.57. The fourth-order valence-electron chi connectivity index (χ4n) is 2.07. The predicted octanol–water partition coefficient (Wildman–Crippen LogP) is 3.72. The zero-order chi connectivity index (χ0) is 13.7. The Morgan fingerprint density at radius 1 is 1.11 bits per heavy atom. The van der Waals surface area contributed by atoms with Crippen LogP contribution >= 0.6 is 0 Å². The highest BCUT2D eigenvalue weighted by Gasteiger charge is 2.19. The molecule has 0 bridgehead atoms. The lowest BCUT2D eigenvalue weighted by Gasteiger charge is -2.30. The van der Waals surface area contributed by atoms with Gasteiger partial charge in [-0.05, 0) is 37.1 Å². The molecule has 2 aromatic heterocycles. The molecule has 19 heavy (non-hydrogen) atoms. The second-order valence-corrected chi connectivity index (χ2v) is 5.29. The molecule has 2 rings (SSSR count). The van der Waals surface area contributed by atoms with Crippen molar-refractivity contribution in [1.29, 1.82) is 0 Å². The SMILES string of the molecule is CC(C)[C@H](C)N(Cc1ccccn1)Cc1ccco1. The highest BCUT2D eigenvalue weighted by atomic mass is 16.3. The molecule has 0 aliphatic heterocycles. The van der Waals surface area contributed by atoms with E-state index in [1.807, 2.05) is 30.5 Å². The molecule has 2 aromatic rings. The van der Waals surface area contributed by atoms with Crippen LogP contribution in [-0.4, -0.2) is 15.9 Å². The summed E-state index contributed by atoms with van der Waals surface area (Å²) in [4.78, 5) is 6.83. The maximum atomic E-state index is 5.47.